The van der Waals surface area contributed by atoms with Crippen LogP contribution in [0, 0.1) is 16.7 Å². The van der Waals surface area contributed by atoms with Gasteiger partial charge in [0.25, 0.3) is 0 Å². The number of rotatable bonds is 2. The zero-order chi connectivity index (χ0) is 16.6. The highest BCUT2D eigenvalue weighted by atomic mass is 79.9. The number of nitrogens with two attached hydrogens (primary N) is 1. The standard InChI is InChI=1S/C18H21BrN4/c1-18(2)9-7-14(8-10-18)23-17(21)15(11-20)16(22-23)12-3-5-13(19)6-4-12/h3-6,14H,7-10,21H2,1-2H3. The Bertz CT molecular complexity index is 743. The second-order valence-electron chi connectivity index (χ2n) is 7.07. The van der Waals surface area contributed by atoms with Crippen molar-refractivity contribution in [2.45, 2.75) is 45.6 Å². The lowest BCUT2D eigenvalue weighted by atomic mass is 9.75. The van der Waals surface area contributed by atoms with E-state index < -0.39 is 0 Å². The van der Waals surface area contributed by atoms with Gasteiger partial charge in [-0.3, -0.25) is 0 Å². The van der Waals surface area contributed by atoms with Crippen molar-refractivity contribution in [3.05, 3.63) is 34.3 Å². The van der Waals surface area contributed by atoms with E-state index in [1.54, 1.807) is 0 Å². The number of hydrogen-bond acceptors (Lipinski definition) is 3. The lowest BCUT2D eigenvalue weighted by Crippen LogP contribution is -2.24. The minimum absolute atomic E-state index is 0.291. The fourth-order valence-corrected chi connectivity index (χ4v) is 3.54. The summed E-state index contributed by atoms with van der Waals surface area (Å²) in [6.45, 7) is 4.62. The molecular formula is C18H21BrN4. The molecule has 1 saturated carbocycles. The Balaban J connectivity index is 1.97. The highest BCUT2D eigenvalue weighted by Gasteiger charge is 2.30. The van der Waals surface area contributed by atoms with Gasteiger partial charge in [-0.25, -0.2) is 4.68 Å². The van der Waals surface area contributed by atoms with Crippen LogP contribution in [0.5, 0.6) is 0 Å². The molecule has 1 aromatic heterocycles. The monoisotopic (exact) mass is 372 g/mol. The molecule has 23 heavy (non-hydrogen) atoms. The molecule has 1 fully saturated rings. The number of anilines is 1. The number of aromatic nitrogens is 2. The molecular weight excluding hydrogens is 352 g/mol. The van der Waals surface area contributed by atoms with Gasteiger partial charge in [0.2, 0.25) is 0 Å². The minimum atomic E-state index is 0.291. The zero-order valence-corrected chi connectivity index (χ0v) is 15.1. The first-order valence-electron chi connectivity index (χ1n) is 7.95. The molecule has 0 spiro atoms. The van der Waals surface area contributed by atoms with Crippen LogP contribution >= 0.6 is 15.9 Å². The summed E-state index contributed by atoms with van der Waals surface area (Å²) in [4.78, 5) is 0. The first kappa shape index (κ1) is 16.1. The Morgan fingerprint density at radius 1 is 1.26 bits per heavy atom. The summed E-state index contributed by atoms with van der Waals surface area (Å²) in [5.41, 5.74) is 8.73. The van der Waals surface area contributed by atoms with Crippen molar-refractivity contribution in [1.29, 1.82) is 5.26 Å². The average molecular weight is 373 g/mol. The first-order valence-corrected chi connectivity index (χ1v) is 8.74. The molecule has 120 valence electrons. The Morgan fingerprint density at radius 2 is 1.87 bits per heavy atom. The van der Waals surface area contributed by atoms with Crippen LogP contribution in [0.25, 0.3) is 11.3 Å². The maximum atomic E-state index is 9.52. The smallest absolute Gasteiger partial charge is 0.140 e. The summed E-state index contributed by atoms with van der Waals surface area (Å²) >= 11 is 3.43. The fraction of sp³-hybridized carbons (Fsp3) is 0.444. The van der Waals surface area contributed by atoms with Crippen molar-refractivity contribution in [3.8, 4) is 17.3 Å². The highest BCUT2D eigenvalue weighted by molar-refractivity contribution is 9.10. The molecule has 0 amide bonds. The Hall–Kier alpha value is -1.80. The van der Waals surface area contributed by atoms with E-state index in [9.17, 15) is 5.26 Å². The number of nitrogen functional groups attached to an aromatic ring is 1. The summed E-state index contributed by atoms with van der Waals surface area (Å²) < 4.78 is 2.88. The average Bonchev–Trinajstić information content (AvgIpc) is 2.85. The Morgan fingerprint density at radius 3 is 2.43 bits per heavy atom. The van der Waals surface area contributed by atoms with Gasteiger partial charge in [-0.1, -0.05) is 41.9 Å². The molecule has 2 aromatic rings. The second-order valence-corrected chi connectivity index (χ2v) is 7.98. The molecule has 1 aliphatic rings. The van der Waals surface area contributed by atoms with Gasteiger partial charge in [0.1, 0.15) is 23.1 Å². The molecule has 2 N–H and O–H groups in total. The number of benzene rings is 1. The van der Waals surface area contributed by atoms with Crippen molar-refractivity contribution < 1.29 is 0 Å². The van der Waals surface area contributed by atoms with E-state index >= 15 is 0 Å². The third-order valence-electron chi connectivity index (χ3n) is 4.83. The third kappa shape index (κ3) is 3.13. The molecule has 0 aliphatic heterocycles. The summed E-state index contributed by atoms with van der Waals surface area (Å²) in [5.74, 6) is 0.495. The van der Waals surface area contributed by atoms with Crippen LogP contribution in [0.15, 0.2) is 28.7 Å². The van der Waals surface area contributed by atoms with Gasteiger partial charge in [-0.15, -0.1) is 0 Å². The highest BCUT2D eigenvalue weighted by Crippen LogP contribution is 2.41. The fourth-order valence-electron chi connectivity index (χ4n) is 3.27. The van der Waals surface area contributed by atoms with Crippen LogP contribution in [0.3, 0.4) is 0 Å². The van der Waals surface area contributed by atoms with E-state index in [0.29, 0.717) is 28.5 Å². The predicted octanol–water partition coefficient (Wildman–Crippen LogP) is 4.91. The Kier molecular flexibility index (Phi) is 4.20. The quantitative estimate of drug-likeness (QED) is 0.814. The number of halogens is 1. The minimum Gasteiger partial charge on any atom is -0.383 e. The molecule has 1 aliphatic carbocycles. The molecule has 0 unspecified atom stereocenters. The van der Waals surface area contributed by atoms with Crippen LogP contribution < -0.4 is 5.73 Å². The normalized spacial score (nSPS) is 17.8. The second kappa shape index (κ2) is 6.01. The van der Waals surface area contributed by atoms with Crippen molar-refractivity contribution >= 4 is 21.7 Å². The maximum Gasteiger partial charge on any atom is 0.140 e. The largest absolute Gasteiger partial charge is 0.383 e. The maximum absolute atomic E-state index is 9.52. The molecule has 4 nitrogen and oxygen atoms in total. The molecule has 0 atom stereocenters. The number of hydrogen-bond donors (Lipinski definition) is 1. The zero-order valence-electron chi connectivity index (χ0n) is 13.5. The Labute approximate surface area is 145 Å². The summed E-state index contributed by atoms with van der Waals surface area (Å²) in [6, 6.07) is 10.3. The van der Waals surface area contributed by atoms with Crippen LogP contribution in [0.2, 0.25) is 0 Å². The van der Waals surface area contributed by atoms with Gasteiger partial charge in [0, 0.05) is 10.0 Å². The molecule has 1 heterocycles. The van der Waals surface area contributed by atoms with Crippen molar-refractivity contribution in [2.24, 2.45) is 5.41 Å². The van der Waals surface area contributed by atoms with Crippen LogP contribution in [-0.4, -0.2) is 9.78 Å². The van der Waals surface area contributed by atoms with Crippen LogP contribution in [0.1, 0.15) is 51.1 Å². The number of nitriles is 1. The van der Waals surface area contributed by atoms with Gasteiger partial charge in [-0.05, 0) is 43.2 Å². The number of nitrogens with zero attached hydrogens (tertiary/aromatic N) is 3. The van der Waals surface area contributed by atoms with E-state index in [1.807, 2.05) is 28.9 Å². The third-order valence-corrected chi connectivity index (χ3v) is 5.36. The van der Waals surface area contributed by atoms with Gasteiger partial charge in [0.05, 0.1) is 6.04 Å². The van der Waals surface area contributed by atoms with E-state index in [2.05, 4.69) is 35.8 Å². The molecule has 3 rings (SSSR count). The molecule has 0 bridgehead atoms. The molecule has 1 aromatic carbocycles. The SMILES string of the molecule is CC1(C)CCC(n2nc(-c3ccc(Br)cc3)c(C#N)c2N)CC1. The lowest BCUT2D eigenvalue weighted by Gasteiger charge is -2.34. The van der Waals surface area contributed by atoms with E-state index in [1.165, 1.54) is 0 Å². The van der Waals surface area contributed by atoms with Crippen molar-refractivity contribution in [2.75, 3.05) is 5.73 Å². The van der Waals surface area contributed by atoms with Gasteiger partial charge >= 0.3 is 0 Å². The lowest BCUT2D eigenvalue weighted by molar-refractivity contribution is 0.187. The summed E-state index contributed by atoms with van der Waals surface area (Å²) in [7, 11) is 0. The van der Waals surface area contributed by atoms with Crippen LogP contribution in [-0.2, 0) is 0 Å². The van der Waals surface area contributed by atoms with Gasteiger partial charge < -0.3 is 5.73 Å². The van der Waals surface area contributed by atoms with Gasteiger partial charge in [-0.2, -0.15) is 10.4 Å². The van der Waals surface area contributed by atoms with E-state index in [4.69, 9.17) is 10.8 Å². The van der Waals surface area contributed by atoms with Crippen molar-refractivity contribution in [3.63, 3.8) is 0 Å². The predicted molar refractivity (Wildman–Crippen MR) is 95.8 cm³/mol. The molecule has 0 saturated heterocycles. The summed E-state index contributed by atoms with van der Waals surface area (Å²) in [6.07, 6.45) is 4.44. The van der Waals surface area contributed by atoms with E-state index in [-0.39, 0.29) is 0 Å². The van der Waals surface area contributed by atoms with Crippen molar-refractivity contribution in [1.82, 2.24) is 9.78 Å². The molecule has 5 heteroatoms. The molecule has 0 radical (unpaired) electrons. The summed E-state index contributed by atoms with van der Waals surface area (Å²) in [5, 5.41) is 14.2. The van der Waals surface area contributed by atoms with Crippen LogP contribution in [0.4, 0.5) is 5.82 Å². The first-order chi connectivity index (χ1) is 10.9. The van der Waals surface area contributed by atoms with Gasteiger partial charge in [0.15, 0.2) is 0 Å². The van der Waals surface area contributed by atoms with E-state index in [0.717, 1.165) is 35.7 Å². The topological polar surface area (TPSA) is 67.6 Å².